The van der Waals surface area contributed by atoms with Crippen LogP contribution >= 0.6 is 35.0 Å². The molecule has 0 unspecified atom stereocenters. The molecule has 13 heteroatoms. The topological polar surface area (TPSA) is 139 Å². The average molecular weight is 514 g/mol. The van der Waals surface area contributed by atoms with E-state index in [2.05, 4.69) is 15.0 Å². The van der Waals surface area contributed by atoms with Crippen LogP contribution < -0.4 is 10.0 Å². The van der Waals surface area contributed by atoms with E-state index in [-0.39, 0.29) is 33.0 Å². The predicted molar refractivity (Wildman–Crippen MR) is 121 cm³/mol. The third-order valence-corrected chi connectivity index (χ3v) is 7.53. The molecule has 9 nitrogen and oxygen atoms in total. The van der Waals surface area contributed by atoms with Gasteiger partial charge in [-0.1, -0.05) is 23.2 Å². The van der Waals surface area contributed by atoms with Gasteiger partial charge in [-0.25, -0.2) is 13.1 Å². The molecule has 1 aliphatic rings. The van der Waals surface area contributed by atoms with Crippen LogP contribution in [0.25, 0.3) is 28.2 Å². The van der Waals surface area contributed by atoms with Crippen molar-refractivity contribution in [2.75, 3.05) is 13.2 Å². The van der Waals surface area contributed by atoms with Gasteiger partial charge in [0.05, 0.1) is 21.6 Å². The number of aromatic nitrogens is 1. The van der Waals surface area contributed by atoms with Gasteiger partial charge < -0.3 is 9.52 Å². The SMILES string of the molecule is O=C1NC(=O)C(=Cc2cc3cncc(-c4cc(Cl)c(S(=O)(=O)NCCO)c(Cl)c4)c3o2)S1. The van der Waals surface area contributed by atoms with Crippen molar-refractivity contribution < 1.29 is 27.5 Å². The Morgan fingerprint density at radius 2 is 1.91 bits per heavy atom. The molecule has 1 saturated heterocycles. The second-order valence-corrected chi connectivity index (χ2v) is 10.0. The molecule has 3 aromatic rings. The lowest BCUT2D eigenvalue weighted by molar-refractivity contribution is -0.115. The summed E-state index contributed by atoms with van der Waals surface area (Å²) in [4.78, 5) is 27.2. The number of amides is 2. The van der Waals surface area contributed by atoms with Gasteiger partial charge in [-0.15, -0.1) is 0 Å². The number of sulfonamides is 1. The minimum absolute atomic E-state index is 0.124. The van der Waals surface area contributed by atoms with Gasteiger partial charge in [-0.3, -0.25) is 19.9 Å². The second kappa shape index (κ2) is 8.85. The number of carbonyl (C=O) groups is 2. The fourth-order valence-corrected chi connectivity index (χ4v) is 5.93. The van der Waals surface area contributed by atoms with E-state index in [9.17, 15) is 18.0 Å². The number of nitrogens with zero attached hydrogens (tertiary/aromatic N) is 1. The molecule has 0 saturated carbocycles. The Bertz CT molecular complexity index is 1380. The largest absolute Gasteiger partial charge is 0.456 e. The van der Waals surface area contributed by atoms with E-state index >= 15 is 0 Å². The normalized spacial score (nSPS) is 15.7. The monoisotopic (exact) mass is 513 g/mol. The minimum atomic E-state index is -4.03. The number of imide groups is 1. The van der Waals surface area contributed by atoms with Crippen LogP contribution in [0.5, 0.6) is 0 Å². The molecule has 3 N–H and O–H groups in total. The van der Waals surface area contributed by atoms with Gasteiger partial charge in [0.15, 0.2) is 0 Å². The maximum atomic E-state index is 12.4. The molecule has 0 radical (unpaired) electrons. The number of rotatable bonds is 6. The van der Waals surface area contributed by atoms with E-state index in [0.29, 0.717) is 27.9 Å². The molecule has 2 aromatic heterocycles. The summed E-state index contributed by atoms with van der Waals surface area (Å²) in [5.41, 5.74) is 1.35. The Kier molecular flexibility index (Phi) is 6.30. The molecule has 0 spiro atoms. The average Bonchev–Trinajstić information content (AvgIpc) is 3.27. The number of aliphatic hydroxyl groups is 1. The van der Waals surface area contributed by atoms with Crippen LogP contribution in [0.3, 0.4) is 0 Å². The van der Waals surface area contributed by atoms with Crippen LogP contribution in [-0.2, 0) is 14.8 Å². The van der Waals surface area contributed by atoms with Gasteiger partial charge in [0.25, 0.3) is 11.1 Å². The number of benzene rings is 1. The maximum Gasteiger partial charge on any atom is 0.290 e. The maximum absolute atomic E-state index is 12.4. The molecule has 1 aromatic carbocycles. The first-order chi connectivity index (χ1) is 15.2. The first-order valence-corrected chi connectivity index (χ1v) is 12.0. The van der Waals surface area contributed by atoms with Crippen molar-refractivity contribution in [1.82, 2.24) is 15.0 Å². The van der Waals surface area contributed by atoms with Gasteiger partial charge in [-0.2, -0.15) is 0 Å². The minimum Gasteiger partial charge on any atom is -0.456 e. The van der Waals surface area contributed by atoms with Crippen LogP contribution in [-0.4, -0.2) is 42.8 Å². The van der Waals surface area contributed by atoms with Crippen molar-refractivity contribution >= 4 is 73.2 Å². The van der Waals surface area contributed by atoms with Crippen LogP contribution in [0.1, 0.15) is 5.76 Å². The first-order valence-electron chi connectivity index (χ1n) is 8.92. The van der Waals surface area contributed by atoms with E-state index in [4.69, 9.17) is 32.7 Å². The summed E-state index contributed by atoms with van der Waals surface area (Å²) in [6.45, 7) is -0.571. The zero-order valence-electron chi connectivity index (χ0n) is 15.9. The number of nitrogens with one attached hydrogen (secondary N) is 2. The van der Waals surface area contributed by atoms with E-state index < -0.39 is 21.2 Å². The van der Waals surface area contributed by atoms with E-state index in [1.54, 1.807) is 12.3 Å². The first kappa shape index (κ1) is 22.8. The highest BCUT2D eigenvalue weighted by Crippen LogP contribution is 2.38. The van der Waals surface area contributed by atoms with Crippen LogP contribution in [0.4, 0.5) is 4.79 Å². The molecule has 166 valence electrons. The molecule has 0 aliphatic carbocycles. The Morgan fingerprint density at radius 3 is 2.53 bits per heavy atom. The number of furan rings is 1. The number of carbonyl (C=O) groups excluding carboxylic acids is 2. The molecule has 3 heterocycles. The molecule has 0 bridgehead atoms. The van der Waals surface area contributed by atoms with Crippen molar-refractivity contribution in [3.63, 3.8) is 0 Å². The molecule has 32 heavy (non-hydrogen) atoms. The summed E-state index contributed by atoms with van der Waals surface area (Å²) in [6, 6.07) is 4.48. The zero-order valence-corrected chi connectivity index (χ0v) is 19.0. The number of thioether (sulfide) groups is 1. The summed E-state index contributed by atoms with van der Waals surface area (Å²) in [5.74, 6) is -0.185. The Hall–Kier alpha value is -2.41. The van der Waals surface area contributed by atoms with Crippen molar-refractivity contribution in [1.29, 1.82) is 0 Å². The van der Waals surface area contributed by atoms with Gasteiger partial charge in [0.1, 0.15) is 16.2 Å². The van der Waals surface area contributed by atoms with E-state index in [1.165, 1.54) is 24.4 Å². The van der Waals surface area contributed by atoms with Crippen molar-refractivity contribution in [2.24, 2.45) is 0 Å². The summed E-state index contributed by atoms with van der Waals surface area (Å²) in [6.07, 6.45) is 4.50. The Morgan fingerprint density at radius 1 is 1.19 bits per heavy atom. The fourth-order valence-electron chi connectivity index (χ4n) is 3.03. The van der Waals surface area contributed by atoms with Gasteiger partial charge in [-0.05, 0) is 35.5 Å². The molecule has 0 atom stereocenters. The number of fused-ring (bicyclic) bond motifs is 1. The molecule has 1 aliphatic heterocycles. The van der Waals surface area contributed by atoms with Crippen LogP contribution in [0.2, 0.25) is 10.0 Å². The quantitative estimate of drug-likeness (QED) is 0.426. The van der Waals surface area contributed by atoms with Crippen molar-refractivity contribution in [2.45, 2.75) is 4.90 Å². The Balaban J connectivity index is 1.77. The highest BCUT2D eigenvalue weighted by Gasteiger charge is 2.26. The number of hydrogen-bond acceptors (Lipinski definition) is 8. The number of aliphatic hydroxyl groups excluding tert-OH is 1. The third-order valence-electron chi connectivity index (χ3n) is 4.34. The predicted octanol–water partition coefficient (Wildman–Crippen LogP) is 3.40. The smallest absolute Gasteiger partial charge is 0.290 e. The molecule has 2 amide bonds. The Labute approximate surface area is 195 Å². The summed E-state index contributed by atoms with van der Waals surface area (Å²) in [7, 11) is -4.03. The number of hydrogen-bond donors (Lipinski definition) is 3. The second-order valence-electron chi connectivity index (χ2n) is 6.50. The van der Waals surface area contributed by atoms with Crippen LogP contribution in [0.15, 0.2) is 44.8 Å². The van der Waals surface area contributed by atoms with Gasteiger partial charge in [0.2, 0.25) is 10.0 Å². The number of pyridine rings is 1. The lowest BCUT2D eigenvalue weighted by Gasteiger charge is -2.11. The highest BCUT2D eigenvalue weighted by molar-refractivity contribution is 8.18. The van der Waals surface area contributed by atoms with Crippen molar-refractivity contribution in [3.05, 3.63) is 51.3 Å². The van der Waals surface area contributed by atoms with Crippen molar-refractivity contribution in [3.8, 4) is 11.1 Å². The van der Waals surface area contributed by atoms with E-state index in [0.717, 1.165) is 11.8 Å². The highest BCUT2D eigenvalue weighted by atomic mass is 35.5. The lowest BCUT2D eigenvalue weighted by atomic mass is 10.1. The van der Waals surface area contributed by atoms with Gasteiger partial charge >= 0.3 is 0 Å². The molecular weight excluding hydrogens is 501 g/mol. The van der Waals surface area contributed by atoms with Gasteiger partial charge in [0, 0.05) is 36.0 Å². The third kappa shape index (κ3) is 4.40. The molecule has 1 fully saturated rings. The standard InChI is InChI=1S/C19H13Cl2N3O6S2/c20-13-4-9(5-14(21)17(13)32(28,29)23-1-2-25)12-8-22-7-10-3-11(30-16(10)12)6-15-18(26)24-19(27)31-15/h3-8,23,25H,1-2H2,(H,24,26,27). The number of halogens is 2. The van der Waals surface area contributed by atoms with E-state index in [1.807, 2.05) is 0 Å². The zero-order chi connectivity index (χ0) is 23.0. The molecule has 4 rings (SSSR count). The lowest BCUT2D eigenvalue weighted by Crippen LogP contribution is -2.27. The summed E-state index contributed by atoms with van der Waals surface area (Å²) in [5, 5.41) is 10.9. The summed E-state index contributed by atoms with van der Waals surface area (Å²) < 4.78 is 32.9. The fraction of sp³-hybridized carbons (Fsp3) is 0.105. The molecular formula is C19H13Cl2N3O6S2. The summed E-state index contributed by atoms with van der Waals surface area (Å²) >= 11 is 13.2. The van der Waals surface area contributed by atoms with Crippen LogP contribution in [0, 0.1) is 0 Å².